The molecule has 1 N–H and O–H groups in total. The molecule has 0 saturated heterocycles. The summed E-state index contributed by atoms with van der Waals surface area (Å²) in [6.07, 6.45) is 1.54. The van der Waals surface area contributed by atoms with E-state index in [2.05, 4.69) is 15.9 Å². The normalized spacial score (nSPS) is 10.6. The third kappa shape index (κ3) is 4.80. The number of phenols is 1. The maximum Gasteiger partial charge on any atom is 0.163 e. The van der Waals surface area contributed by atoms with Crippen LogP contribution < -0.4 is 4.74 Å². The van der Waals surface area contributed by atoms with Crippen molar-refractivity contribution in [1.29, 1.82) is 0 Å². The van der Waals surface area contributed by atoms with Crippen molar-refractivity contribution in [3.8, 4) is 11.5 Å². The first-order valence-electron chi connectivity index (χ1n) is 6.74. The van der Waals surface area contributed by atoms with Gasteiger partial charge in [0.25, 0.3) is 0 Å². The molecule has 4 nitrogen and oxygen atoms in total. The number of ketones is 1. The van der Waals surface area contributed by atoms with E-state index in [1.165, 1.54) is 6.92 Å². The van der Waals surface area contributed by atoms with Crippen LogP contribution in [0.5, 0.6) is 11.5 Å². The predicted octanol–water partition coefficient (Wildman–Crippen LogP) is 3.34. The Hall–Kier alpha value is -1.07. The van der Waals surface area contributed by atoms with Crippen molar-refractivity contribution in [3.63, 3.8) is 0 Å². The number of phenolic OH excluding ortho intramolecular Hbond substituents is 1. The van der Waals surface area contributed by atoms with Gasteiger partial charge in [0.15, 0.2) is 5.78 Å². The van der Waals surface area contributed by atoms with Gasteiger partial charge in [-0.05, 0) is 25.5 Å². The van der Waals surface area contributed by atoms with E-state index in [9.17, 15) is 9.90 Å². The molecule has 0 fully saturated rings. The minimum absolute atomic E-state index is 0.0400. The lowest BCUT2D eigenvalue weighted by molar-refractivity contribution is 0.101. The largest absolute Gasteiger partial charge is 0.507 e. The molecule has 0 amide bonds. The standard InChI is InChI=1S/C15H21BrO4/c1-3-4-13-14(20-10-9-19-8-7-16)6-5-12(11(2)17)15(13)18/h5-6,18H,3-4,7-10H2,1-2H3. The summed E-state index contributed by atoms with van der Waals surface area (Å²) in [5.41, 5.74) is 1.04. The maximum absolute atomic E-state index is 11.4. The van der Waals surface area contributed by atoms with Crippen molar-refractivity contribution >= 4 is 21.7 Å². The van der Waals surface area contributed by atoms with Gasteiger partial charge in [0, 0.05) is 10.9 Å². The van der Waals surface area contributed by atoms with Crippen molar-refractivity contribution in [2.75, 3.05) is 25.2 Å². The summed E-state index contributed by atoms with van der Waals surface area (Å²) in [4.78, 5) is 11.4. The maximum atomic E-state index is 11.4. The molecule has 0 aliphatic rings. The molecule has 0 aliphatic heterocycles. The van der Waals surface area contributed by atoms with Crippen LogP contribution in [0.25, 0.3) is 0 Å². The molecule has 0 unspecified atom stereocenters. The molecule has 0 aromatic heterocycles. The van der Waals surface area contributed by atoms with E-state index in [1.807, 2.05) is 6.92 Å². The first-order chi connectivity index (χ1) is 9.61. The van der Waals surface area contributed by atoms with Crippen LogP contribution in [0.15, 0.2) is 12.1 Å². The van der Waals surface area contributed by atoms with Crippen LogP contribution >= 0.6 is 15.9 Å². The molecule has 20 heavy (non-hydrogen) atoms. The second-order valence-electron chi connectivity index (χ2n) is 4.39. The van der Waals surface area contributed by atoms with Crippen LogP contribution in [0.1, 0.15) is 36.2 Å². The van der Waals surface area contributed by atoms with Crippen molar-refractivity contribution in [2.24, 2.45) is 0 Å². The van der Waals surface area contributed by atoms with Crippen molar-refractivity contribution in [3.05, 3.63) is 23.3 Å². The zero-order valence-corrected chi connectivity index (χ0v) is 13.5. The SMILES string of the molecule is CCCc1c(OCCOCCBr)ccc(C(C)=O)c1O. The molecule has 0 heterocycles. The number of hydrogen-bond acceptors (Lipinski definition) is 4. The van der Waals surface area contributed by atoms with Gasteiger partial charge in [-0.3, -0.25) is 4.79 Å². The van der Waals surface area contributed by atoms with Crippen LogP contribution in [-0.4, -0.2) is 36.0 Å². The molecule has 1 rings (SSSR count). The van der Waals surface area contributed by atoms with Gasteiger partial charge in [0.1, 0.15) is 18.1 Å². The lowest BCUT2D eigenvalue weighted by Gasteiger charge is -2.14. The van der Waals surface area contributed by atoms with Crippen LogP contribution in [0.3, 0.4) is 0 Å². The lowest BCUT2D eigenvalue weighted by Crippen LogP contribution is -2.09. The zero-order chi connectivity index (χ0) is 15.0. The number of halogens is 1. The molecule has 0 spiro atoms. The number of aromatic hydroxyl groups is 1. The third-order valence-electron chi connectivity index (χ3n) is 2.83. The minimum Gasteiger partial charge on any atom is -0.507 e. The third-order valence-corrected chi connectivity index (χ3v) is 3.15. The molecular weight excluding hydrogens is 324 g/mol. The second-order valence-corrected chi connectivity index (χ2v) is 5.19. The summed E-state index contributed by atoms with van der Waals surface area (Å²) in [6.45, 7) is 5.01. The van der Waals surface area contributed by atoms with Crippen LogP contribution in [-0.2, 0) is 11.2 Å². The molecule has 112 valence electrons. The van der Waals surface area contributed by atoms with Gasteiger partial charge >= 0.3 is 0 Å². The summed E-state index contributed by atoms with van der Waals surface area (Å²) in [6, 6.07) is 3.34. The summed E-state index contributed by atoms with van der Waals surface area (Å²) >= 11 is 3.28. The number of Topliss-reactive ketones (excluding diaryl/α,β-unsaturated/α-hetero) is 1. The molecule has 0 atom stereocenters. The van der Waals surface area contributed by atoms with E-state index in [1.54, 1.807) is 12.1 Å². The average molecular weight is 345 g/mol. The fraction of sp³-hybridized carbons (Fsp3) is 0.533. The number of benzene rings is 1. The van der Waals surface area contributed by atoms with E-state index in [-0.39, 0.29) is 11.5 Å². The van der Waals surface area contributed by atoms with Gasteiger partial charge in [-0.2, -0.15) is 0 Å². The Morgan fingerprint density at radius 2 is 2.05 bits per heavy atom. The van der Waals surface area contributed by atoms with Crippen molar-refractivity contribution < 1.29 is 19.4 Å². The van der Waals surface area contributed by atoms with Gasteiger partial charge < -0.3 is 14.6 Å². The van der Waals surface area contributed by atoms with E-state index in [0.29, 0.717) is 43.1 Å². The predicted molar refractivity (Wildman–Crippen MR) is 82.2 cm³/mol. The number of carbonyl (C=O) groups excluding carboxylic acids is 1. The zero-order valence-electron chi connectivity index (χ0n) is 11.9. The number of alkyl halides is 1. The number of rotatable bonds is 9. The van der Waals surface area contributed by atoms with Crippen molar-refractivity contribution in [2.45, 2.75) is 26.7 Å². The van der Waals surface area contributed by atoms with E-state index >= 15 is 0 Å². The molecule has 1 aromatic rings. The number of hydrogen-bond donors (Lipinski definition) is 1. The van der Waals surface area contributed by atoms with Gasteiger partial charge in [0.2, 0.25) is 0 Å². The summed E-state index contributed by atoms with van der Waals surface area (Å²) in [5.74, 6) is 0.516. The molecule has 1 aromatic carbocycles. The lowest BCUT2D eigenvalue weighted by atomic mass is 10.0. The summed E-state index contributed by atoms with van der Waals surface area (Å²) in [7, 11) is 0. The van der Waals surface area contributed by atoms with Crippen LogP contribution in [0.2, 0.25) is 0 Å². The van der Waals surface area contributed by atoms with Gasteiger partial charge in [-0.15, -0.1) is 0 Å². The Labute approximate surface area is 128 Å². The molecule has 0 radical (unpaired) electrons. The van der Waals surface area contributed by atoms with E-state index in [4.69, 9.17) is 9.47 Å². The molecule has 0 saturated carbocycles. The highest BCUT2D eigenvalue weighted by atomic mass is 79.9. The van der Waals surface area contributed by atoms with Gasteiger partial charge in [0.05, 0.1) is 18.8 Å². The molecular formula is C15H21BrO4. The average Bonchev–Trinajstić information content (AvgIpc) is 2.41. The number of carbonyl (C=O) groups is 1. The minimum atomic E-state index is -0.146. The quantitative estimate of drug-likeness (QED) is 0.424. The van der Waals surface area contributed by atoms with Crippen LogP contribution in [0.4, 0.5) is 0 Å². The first-order valence-corrected chi connectivity index (χ1v) is 7.86. The Morgan fingerprint density at radius 3 is 2.65 bits per heavy atom. The van der Waals surface area contributed by atoms with E-state index in [0.717, 1.165) is 11.8 Å². The fourth-order valence-electron chi connectivity index (χ4n) is 1.90. The van der Waals surface area contributed by atoms with Gasteiger partial charge in [-0.25, -0.2) is 0 Å². The second kappa shape index (κ2) is 8.97. The monoisotopic (exact) mass is 344 g/mol. The molecule has 5 heteroatoms. The topological polar surface area (TPSA) is 55.8 Å². The number of ether oxygens (including phenoxy) is 2. The molecule has 0 aliphatic carbocycles. The highest BCUT2D eigenvalue weighted by Crippen LogP contribution is 2.32. The Morgan fingerprint density at radius 1 is 1.30 bits per heavy atom. The fourth-order valence-corrected chi connectivity index (χ4v) is 2.12. The van der Waals surface area contributed by atoms with E-state index < -0.39 is 0 Å². The Kier molecular flexibility index (Phi) is 7.62. The summed E-state index contributed by atoms with van der Waals surface area (Å²) < 4.78 is 10.9. The summed E-state index contributed by atoms with van der Waals surface area (Å²) in [5, 5.41) is 11.0. The highest BCUT2D eigenvalue weighted by Gasteiger charge is 2.15. The Balaban J connectivity index is 2.79. The molecule has 0 bridgehead atoms. The van der Waals surface area contributed by atoms with Gasteiger partial charge in [-0.1, -0.05) is 29.3 Å². The van der Waals surface area contributed by atoms with Crippen molar-refractivity contribution in [1.82, 2.24) is 0 Å². The Bertz CT molecular complexity index is 446. The smallest absolute Gasteiger partial charge is 0.163 e. The van der Waals surface area contributed by atoms with Crippen LogP contribution in [0, 0.1) is 0 Å². The first kappa shape index (κ1) is 17.0. The highest BCUT2D eigenvalue weighted by molar-refractivity contribution is 9.09.